The molecule has 2 heterocycles. The van der Waals surface area contributed by atoms with Crippen LogP contribution >= 0.6 is 27.5 Å². The lowest BCUT2D eigenvalue weighted by molar-refractivity contribution is 0.102. The van der Waals surface area contributed by atoms with E-state index in [1.807, 2.05) is 13.0 Å². The van der Waals surface area contributed by atoms with Gasteiger partial charge in [0.15, 0.2) is 12.4 Å². The van der Waals surface area contributed by atoms with E-state index in [9.17, 15) is 4.79 Å². The number of nitrogens with zero attached hydrogens (tertiary/aromatic N) is 3. The van der Waals surface area contributed by atoms with Gasteiger partial charge < -0.3 is 10.1 Å². The highest BCUT2D eigenvalue weighted by Gasteiger charge is 2.11. The molecule has 3 aromatic rings. The normalized spacial score (nSPS) is 10.5. The Morgan fingerprint density at radius 1 is 1.32 bits per heavy atom. The summed E-state index contributed by atoms with van der Waals surface area (Å²) in [6, 6.07) is 10.5. The zero-order valence-electron chi connectivity index (χ0n) is 13.2. The summed E-state index contributed by atoms with van der Waals surface area (Å²) < 4.78 is 7.93. The number of halogens is 2. The molecular formula is C17H14BrClN4O2. The molecule has 0 atom stereocenters. The number of rotatable bonds is 5. The maximum absolute atomic E-state index is 12.2. The van der Waals surface area contributed by atoms with E-state index in [1.165, 1.54) is 4.68 Å². The SMILES string of the molecule is Cc1ccnc(NC(=O)c2ccn(COc3ccc(Cl)cc3Br)n2)c1. The summed E-state index contributed by atoms with van der Waals surface area (Å²) in [5.41, 5.74) is 1.29. The Bertz CT molecular complexity index is 913. The van der Waals surface area contributed by atoms with Crippen molar-refractivity contribution in [1.82, 2.24) is 14.8 Å². The van der Waals surface area contributed by atoms with Crippen molar-refractivity contribution in [1.29, 1.82) is 0 Å². The van der Waals surface area contributed by atoms with Crippen LogP contribution in [0.3, 0.4) is 0 Å². The molecule has 1 amide bonds. The Kier molecular flexibility index (Phi) is 5.35. The number of hydrogen-bond donors (Lipinski definition) is 1. The van der Waals surface area contributed by atoms with Crippen molar-refractivity contribution in [3.63, 3.8) is 0 Å². The monoisotopic (exact) mass is 420 g/mol. The van der Waals surface area contributed by atoms with Crippen LogP contribution in [0.2, 0.25) is 5.02 Å². The summed E-state index contributed by atoms with van der Waals surface area (Å²) in [6.45, 7) is 2.09. The molecule has 3 rings (SSSR count). The first-order chi connectivity index (χ1) is 12.0. The lowest BCUT2D eigenvalue weighted by atomic mass is 10.3. The molecule has 0 aliphatic heterocycles. The van der Waals surface area contributed by atoms with Gasteiger partial charge in [-0.15, -0.1) is 0 Å². The molecule has 2 aromatic heterocycles. The van der Waals surface area contributed by atoms with Crippen molar-refractivity contribution in [2.24, 2.45) is 0 Å². The van der Waals surface area contributed by atoms with E-state index in [0.717, 1.165) is 10.0 Å². The van der Waals surface area contributed by atoms with Gasteiger partial charge in [-0.05, 0) is 64.8 Å². The first-order valence-electron chi connectivity index (χ1n) is 7.36. The van der Waals surface area contributed by atoms with Crippen molar-refractivity contribution in [3.8, 4) is 5.75 Å². The van der Waals surface area contributed by atoms with E-state index in [2.05, 4.69) is 31.3 Å². The van der Waals surface area contributed by atoms with Crippen molar-refractivity contribution < 1.29 is 9.53 Å². The van der Waals surface area contributed by atoms with Crippen molar-refractivity contribution in [3.05, 3.63) is 69.5 Å². The van der Waals surface area contributed by atoms with Crippen LogP contribution in [-0.4, -0.2) is 20.7 Å². The number of pyridine rings is 1. The molecule has 128 valence electrons. The topological polar surface area (TPSA) is 69.0 Å². The van der Waals surface area contributed by atoms with Gasteiger partial charge in [0, 0.05) is 17.4 Å². The third-order valence-electron chi connectivity index (χ3n) is 3.28. The Hall–Kier alpha value is -2.38. The number of benzene rings is 1. The van der Waals surface area contributed by atoms with Crippen molar-refractivity contribution in [2.75, 3.05) is 5.32 Å². The zero-order valence-corrected chi connectivity index (χ0v) is 15.6. The van der Waals surface area contributed by atoms with Crippen LogP contribution < -0.4 is 10.1 Å². The molecule has 8 heteroatoms. The minimum absolute atomic E-state index is 0.163. The lowest BCUT2D eigenvalue weighted by Gasteiger charge is -2.08. The van der Waals surface area contributed by atoms with E-state index < -0.39 is 0 Å². The molecule has 0 aliphatic rings. The highest BCUT2D eigenvalue weighted by Crippen LogP contribution is 2.28. The second-order valence-electron chi connectivity index (χ2n) is 5.26. The van der Waals surface area contributed by atoms with E-state index in [-0.39, 0.29) is 18.3 Å². The van der Waals surface area contributed by atoms with Gasteiger partial charge in [-0.1, -0.05) is 11.6 Å². The third-order valence-corrected chi connectivity index (χ3v) is 4.13. The fourth-order valence-corrected chi connectivity index (χ4v) is 2.86. The quantitative estimate of drug-likeness (QED) is 0.667. The number of anilines is 1. The smallest absolute Gasteiger partial charge is 0.277 e. The average Bonchev–Trinajstić information content (AvgIpc) is 3.03. The molecule has 6 nitrogen and oxygen atoms in total. The molecule has 0 aliphatic carbocycles. The fraction of sp³-hybridized carbons (Fsp3) is 0.118. The highest BCUT2D eigenvalue weighted by molar-refractivity contribution is 9.10. The van der Waals surface area contributed by atoms with Gasteiger partial charge in [-0.2, -0.15) is 5.10 Å². The lowest BCUT2D eigenvalue weighted by Crippen LogP contribution is -2.15. The van der Waals surface area contributed by atoms with Gasteiger partial charge in [0.05, 0.1) is 4.47 Å². The number of aryl methyl sites for hydroxylation is 1. The molecule has 0 fully saturated rings. The summed E-state index contributed by atoms with van der Waals surface area (Å²) >= 11 is 9.28. The number of nitrogens with one attached hydrogen (secondary N) is 1. The first-order valence-corrected chi connectivity index (χ1v) is 8.54. The summed E-state index contributed by atoms with van der Waals surface area (Å²) in [6.07, 6.45) is 3.31. The minimum atomic E-state index is -0.329. The van der Waals surface area contributed by atoms with Gasteiger partial charge in [0.1, 0.15) is 11.6 Å². The number of carbonyl (C=O) groups excluding carboxylic acids is 1. The summed E-state index contributed by atoms with van der Waals surface area (Å²) in [5.74, 6) is 0.792. The standard InChI is InChI=1S/C17H14BrClN4O2/c1-11-4-6-20-16(8-11)21-17(24)14-5-7-23(22-14)10-25-15-3-2-12(19)9-13(15)18/h2-9H,10H2,1H3,(H,20,21,24). The molecule has 0 spiro atoms. The Balaban J connectivity index is 1.62. The Morgan fingerprint density at radius 3 is 2.92 bits per heavy atom. The van der Waals surface area contributed by atoms with Crippen LogP contribution in [0.15, 0.2) is 53.3 Å². The molecule has 1 aromatic carbocycles. The molecule has 1 N–H and O–H groups in total. The number of carbonyl (C=O) groups is 1. The van der Waals surface area contributed by atoms with Crippen LogP contribution in [0, 0.1) is 6.92 Å². The molecule has 0 saturated heterocycles. The summed E-state index contributed by atoms with van der Waals surface area (Å²) in [5, 5.41) is 7.53. The third kappa shape index (κ3) is 4.58. The Morgan fingerprint density at radius 2 is 2.16 bits per heavy atom. The second kappa shape index (κ2) is 7.67. The van der Waals surface area contributed by atoms with Gasteiger partial charge in [-0.3, -0.25) is 4.79 Å². The number of ether oxygens (including phenoxy) is 1. The van der Waals surface area contributed by atoms with Gasteiger partial charge in [-0.25, -0.2) is 9.67 Å². The molecule has 0 unspecified atom stereocenters. The number of aromatic nitrogens is 3. The van der Waals surface area contributed by atoms with Crippen LogP contribution in [0.5, 0.6) is 5.75 Å². The molecular weight excluding hydrogens is 408 g/mol. The zero-order chi connectivity index (χ0) is 17.8. The molecule has 0 bridgehead atoms. The van der Waals surface area contributed by atoms with E-state index in [4.69, 9.17) is 16.3 Å². The number of amides is 1. The van der Waals surface area contributed by atoms with Crippen LogP contribution in [0.25, 0.3) is 0 Å². The summed E-state index contributed by atoms with van der Waals surface area (Å²) in [4.78, 5) is 16.3. The highest BCUT2D eigenvalue weighted by atomic mass is 79.9. The van der Waals surface area contributed by atoms with E-state index >= 15 is 0 Å². The Labute approximate surface area is 157 Å². The van der Waals surface area contributed by atoms with E-state index in [0.29, 0.717) is 16.6 Å². The molecule has 0 radical (unpaired) electrons. The summed E-state index contributed by atoms with van der Waals surface area (Å²) in [7, 11) is 0. The first kappa shape index (κ1) is 17.4. The van der Waals surface area contributed by atoms with Crippen molar-refractivity contribution >= 4 is 39.3 Å². The van der Waals surface area contributed by atoms with Crippen LogP contribution in [0.4, 0.5) is 5.82 Å². The molecule has 0 saturated carbocycles. The predicted octanol–water partition coefficient (Wildman–Crippen LogP) is 4.29. The number of hydrogen-bond acceptors (Lipinski definition) is 4. The second-order valence-corrected chi connectivity index (χ2v) is 6.55. The van der Waals surface area contributed by atoms with Crippen LogP contribution in [-0.2, 0) is 6.73 Å². The average molecular weight is 422 g/mol. The van der Waals surface area contributed by atoms with E-state index in [1.54, 1.807) is 42.7 Å². The van der Waals surface area contributed by atoms with Crippen molar-refractivity contribution in [2.45, 2.75) is 13.7 Å². The minimum Gasteiger partial charge on any atom is -0.470 e. The van der Waals surface area contributed by atoms with Gasteiger partial charge in [0.2, 0.25) is 0 Å². The van der Waals surface area contributed by atoms with Gasteiger partial charge >= 0.3 is 0 Å². The van der Waals surface area contributed by atoms with Gasteiger partial charge in [0.25, 0.3) is 5.91 Å². The maximum Gasteiger partial charge on any atom is 0.277 e. The maximum atomic E-state index is 12.2. The largest absolute Gasteiger partial charge is 0.470 e. The molecule has 25 heavy (non-hydrogen) atoms. The van der Waals surface area contributed by atoms with Crippen LogP contribution in [0.1, 0.15) is 16.1 Å². The predicted molar refractivity (Wildman–Crippen MR) is 98.9 cm³/mol. The fourth-order valence-electron chi connectivity index (χ4n) is 2.07.